The van der Waals surface area contributed by atoms with Crippen molar-refractivity contribution in [1.29, 1.82) is 0 Å². The van der Waals surface area contributed by atoms with Gasteiger partial charge in [-0.15, -0.1) is 0 Å². The molecule has 110 valence electrons. The SMILES string of the molecule is O=C(O)CCN1CCN(Cc2cc(F)ccc2Br)CC1. The van der Waals surface area contributed by atoms with Gasteiger partial charge in [0, 0.05) is 43.7 Å². The maximum atomic E-state index is 13.2. The molecule has 1 aliphatic heterocycles. The van der Waals surface area contributed by atoms with Crippen LogP contribution >= 0.6 is 15.9 Å². The molecule has 1 saturated heterocycles. The summed E-state index contributed by atoms with van der Waals surface area (Å²) >= 11 is 3.44. The molecule has 1 aromatic rings. The molecule has 0 aromatic heterocycles. The van der Waals surface area contributed by atoms with Crippen LogP contribution in [-0.4, -0.2) is 53.6 Å². The van der Waals surface area contributed by atoms with Crippen molar-refractivity contribution in [3.63, 3.8) is 0 Å². The largest absolute Gasteiger partial charge is 0.481 e. The molecule has 1 heterocycles. The maximum Gasteiger partial charge on any atom is 0.304 e. The molecule has 20 heavy (non-hydrogen) atoms. The number of carboxylic acid groups (broad SMARTS) is 1. The van der Waals surface area contributed by atoms with E-state index in [1.807, 2.05) is 0 Å². The first-order valence-electron chi connectivity index (χ1n) is 6.65. The van der Waals surface area contributed by atoms with E-state index in [0.29, 0.717) is 13.1 Å². The van der Waals surface area contributed by atoms with Gasteiger partial charge in [0.05, 0.1) is 6.42 Å². The lowest BCUT2D eigenvalue weighted by Crippen LogP contribution is -2.46. The third-order valence-electron chi connectivity index (χ3n) is 3.51. The van der Waals surface area contributed by atoms with Crippen molar-refractivity contribution in [2.45, 2.75) is 13.0 Å². The summed E-state index contributed by atoms with van der Waals surface area (Å²) in [5.41, 5.74) is 0.948. The van der Waals surface area contributed by atoms with E-state index in [1.165, 1.54) is 6.07 Å². The Bertz CT molecular complexity index is 476. The summed E-state index contributed by atoms with van der Waals surface area (Å²) in [7, 11) is 0. The fourth-order valence-corrected chi connectivity index (χ4v) is 2.70. The molecular formula is C14H18BrFN2O2. The van der Waals surface area contributed by atoms with Gasteiger partial charge in [0.1, 0.15) is 5.82 Å². The number of aliphatic carboxylic acids is 1. The summed E-state index contributed by atoms with van der Waals surface area (Å²) in [6.07, 6.45) is 0.190. The lowest BCUT2D eigenvalue weighted by Gasteiger charge is -2.34. The Morgan fingerprint density at radius 3 is 2.55 bits per heavy atom. The molecule has 1 fully saturated rings. The van der Waals surface area contributed by atoms with Crippen molar-refractivity contribution in [1.82, 2.24) is 9.80 Å². The molecule has 0 bridgehead atoms. The van der Waals surface area contributed by atoms with Gasteiger partial charge < -0.3 is 10.0 Å². The molecule has 2 rings (SSSR count). The normalized spacial score (nSPS) is 17.3. The second kappa shape index (κ2) is 7.15. The zero-order chi connectivity index (χ0) is 14.5. The first-order valence-corrected chi connectivity index (χ1v) is 7.44. The summed E-state index contributed by atoms with van der Waals surface area (Å²) in [5.74, 6) is -0.973. The van der Waals surface area contributed by atoms with Crippen LogP contribution in [-0.2, 0) is 11.3 Å². The number of benzene rings is 1. The molecule has 1 aliphatic rings. The van der Waals surface area contributed by atoms with E-state index >= 15 is 0 Å². The van der Waals surface area contributed by atoms with Crippen LogP contribution in [0.3, 0.4) is 0 Å². The van der Waals surface area contributed by atoms with Crippen LogP contribution < -0.4 is 0 Å². The summed E-state index contributed by atoms with van der Waals surface area (Å²) in [5, 5.41) is 8.67. The highest BCUT2D eigenvalue weighted by molar-refractivity contribution is 9.10. The lowest BCUT2D eigenvalue weighted by atomic mass is 10.2. The highest BCUT2D eigenvalue weighted by Crippen LogP contribution is 2.20. The van der Waals surface area contributed by atoms with Crippen LogP contribution in [0.15, 0.2) is 22.7 Å². The second-order valence-corrected chi connectivity index (χ2v) is 5.85. The highest BCUT2D eigenvalue weighted by Gasteiger charge is 2.18. The molecule has 1 N–H and O–H groups in total. The van der Waals surface area contributed by atoms with Gasteiger partial charge >= 0.3 is 5.97 Å². The maximum absolute atomic E-state index is 13.2. The van der Waals surface area contributed by atoms with Gasteiger partial charge in [-0.25, -0.2) is 4.39 Å². The van der Waals surface area contributed by atoms with Gasteiger partial charge in [0.2, 0.25) is 0 Å². The zero-order valence-electron chi connectivity index (χ0n) is 11.2. The Morgan fingerprint density at radius 1 is 1.25 bits per heavy atom. The van der Waals surface area contributed by atoms with Crippen molar-refractivity contribution in [3.8, 4) is 0 Å². The summed E-state index contributed by atoms with van der Waals surface area (Å²) in [6, 6.07) is 4.73. The number of hydrogen-bond donors (Lipinski definition) is 1. The average molecular weight is 345 g/mol. The molecular weight excluding hydrogens is 327 g/mol. The van der Waals surface area contributed by atoms with E-state index in [9.17, 15) is 9.18 Å². The first-order chi connectivity index (χ1) is 9.54. The summed E-state index contributed by atoms with van der Waals surface area (Å²) in [6.45, 7) is 4.80. The molecule has 0 aliphatic carbocycles. The quantitative estimate of drug-likeness (QED) is 0.889. The molecule has 0 amide bonds. The van der Waals surface area contributed by atoms with Gasteiger partial charge in [-0.1, -0.05) is 15.9 Å². The van der Waals surface area contributed by atoms with Crippen LogP contribution in [0.2, 0.25) is 0 Å². The van der Waals surface area contributed by atoms with E-state index in [-0.39, 0.29) is 12.2 Å². The Kier molecular flexibility index (Phi) is 5.51. The van der Waals surface area contributed by atoms with Crippen molar-refractivity contribution in [2.75, 3.05) is 32.7 Å². The number of carbonyl (C=O) groups is 1. The molecule has 6 heteroatoms. The predicted molar refractivity (Wildman–Crippen MR) is 78.1 cm³/mol. The second-order valence-electron chi connectivity index (χ2n) is 5.00. The molecule has 4 nitrogen and oxygen atoms in total. The third-order valence-corrected chi connectivity index (χ3v) is 4.28. The topological polar surface area (TPSA) is 43.8 Å². The molecule has 0 atom stereocenters. The fraction of sp³-hybridized carbons (Fsp3) is 0.500. The number of carboxylic acids is 1. The number of rotatable bonds is 5. The smallest absolute Gasteiger partial charge is 0.304 e. The van der Waals surface area contributed by atoms with E-state index in [1.54, 1.807) is 12.1 Å². The Labute approximate surface area is 126 Å². The van der Waals surface area contributed by atoms with Gasteiger partial charge in [0.25, 0.3) is 0 Å². The van der Waals surface area contributed by atoms with Gasteiger partial charge in [0.15, 0.2) is 0 Å². The molecule has 0 saturated carbocycles. The molecule has 0 radical (unpaired) electrons. The minimum Gasteiger partial charge on any atom is -0.481 e. The lowest BCUT2D eigenvalue weighted by molar-refractivity contribution is -0.137. The average Bonchev–Trinajstić information content (AvgIpc) is 2.42. The Morgan fingerprint density at radius 2 is 1.90 bits per heavy atom. The molecule has 0 spiro atoms. The van der Waals surface area contributed by atoms with Crippen LogP contribution in [0.4, 0.5) is 4.39 Å². The van der Waals surface area contributed by atoms with Crippen LogP contribution in [0.5, 0.6) is 0 Å². The third kappa shape index (κ3) is 4.54. The minimum atomic E-state index is -0.754. The van der Waals surface area contributed by atoms with Gasteiger partial charge in [-0.2, -0.15) is 0 Å². The highest BCUT2D eigenvalue weighted by atomic mass is 79.9. The van der Waals surface area contributed by atoms with Crippen LogP contribution in [0, 0.1) is 5.82 Å². The molecule has 0 unspecified atom stereocenters. The van der Waals surface area contributed by atoms with E-state index < -0.39 is 5.97 Å². The van der Waals surface area contributed by atoms with E-state index in [2.05, 4.69) is 25.7 Å². The Hall–Kier alpha value is -0.980. The van der Waals surface area contributed by atoms with E-state index in [0.717, 1.165) is 36.2 Å². The number of piperazine rings is 1. The Balaban J connectivity index is 1.82. The summed E-state index contributed by atoms with van der Waals surface area (Å²) < 4.78 is 14.2. The van der Waals surface area contributed by atoms with Crippen LogP contribution in [0.25, 0.3) is 0 Å². The van der Waals surface area contributed by atoms with Gasteiger partial charge in [-0.3, -0.25) is 9.69 Å². The van der Waals surface area contributed by atoms with Crippen molar-refractivity contribution in [3.05, 3.63) is 34.1 Å². The van der Waals surface area contributed by atoms with Crippen molar-refractivity contribution >= 4 is 21.9 Å². The van der Waals surface area contributed by atoms with Crippen molar-refractivity contribution in [2.24, 2.45) is 0 Å². The zero-order valence-corrected chi connectivity index (χ0v) is 12.8. The minimum absolute atomic E-state index is 0.190. The van der Waals surface area contributed by atoms with E-state index in [4.69, 9.17) is 5.11 Å². The predicted octanol–water partition coefficient (Wildman–Crippen LogP) is 2.18. The standard InChI is InChI=1S/C14H18BrFN2O2/c15-13-2-1-12(16)9-11(13)10-18-7-5-17(6-8-18)4-3-14(19)20/h1-2,9H,3-8,10H2,(H,19,20). The van der Waals surface area contributed by atoms with Gasteiger partial charge in [-0.05, 0) is 23.8 Å². The number of nitrogens with zero attached hydrogens (tertiary/aromatic N) is 2. The fourth-order valence-electron chi connectivity index (χ4n) is 2.33. The number of hydrogen-bond acceptors (Lipinski definition) is 3. The molecule has 1 aromatic carbocycles. The monoisotopic (exact) mass is 344 g/mol. The number of halogens is 2. The summed E-state index contributed by atoms with van der Waals surface area (Å²) in [4.78, 5) is 15.0. The first kappa shape index (κ1) is 15.4. The van der Waals surface area contributed by atoms with Crippen molar-refractivity contribution < 1.29 is 14.3 Å². The van der Waals surface area contributed by atoms with Crippen LogP contribution in [0.1, 0.15) is 12.0 Å².